The van der Waals surface area contributed by atoms with Gasteiger partial charge in [0, 0.05) is 16.9 Å². The van der Waals surface area contributed by atoms with E-state index in [4.69, 9.17) is 16.2 Å². The highest BCUT2D eigenvalue weighted by molar-refractivity contribution is 5.92. The smallest absolute Gasteiger partial charge is 0.461 e. The van der Waals surface area contributed by atoms with Crippen LogP contribution < -0.4 is 20.9 Å². The standard InChI is InChI=1S/C27H24F4N2O5/c28-26(29)27(30,31)38-23-10-6-18(7-11-23)25(36)37-22-8-4-16(5-9-22)12-19(24(34)35)3-1-2-17-13-20(32)15-21(33)14-17/h4-15,26H,1-3,32-33H2,(H,34,35)/b19-12+. The fourth-order valence-electron chi connectivity index (χ4n) is 3.47. The predicted octanol–water partition coefficient (Wildman–Crippen LogP) is 5.80. The zero-order valence-electron chi connectivity index (χ0n) is 19.9. The van der Waals surface area contributed by atoms with Crippen molar-refractivity contribution in [3.63, 3.8) is 0 Å². The number of carboxylic acids is 1. The van der Waals surface area contributed by atoms with Crippen molar-refractivity contribution in [2.75, 3.05) is 11.5 Å². The van der Waals surface area contributed by atoms with Gasteiger partial charge in [-0.05, 0) is 91.1 Å². The summed E-state index contributed by atoms with van der Waals surface area (Å²) in [6.07, 6.45) is -5.72. The number of anilines is 2. The Kier molecular flexibility index (Phi) is 8.95. The average Bonchev–Trinajstić information content (AvgIpc) is 2.84. The van der Waals surface area contributed by atoms with Crippen molar-refractivity contribution in [1.29, 1.82) is 0 Å². The molecule has 0 unspecified atom stereocenters. The van der Waals surface area contributed by atoms with Crippen LogP contribution in [0, 0.1) is 0 Å². The fourth-order valence-corrected chi connectivity index (χ4v) is 3.47. The molecule has 7 nitrogen and oxygen atoms in total. The summed E-state index contributed by atoms with van der Waals surface area (Å²) in [5.41, 5.74) is 14.3. The summed E-state index contributed by atoms with van der Waals surface area (Å²) in [7, 11) is 0. The SMILES string of the molecule is Nc1cc(N)cc(CCC/C(=C\c2ccc(OC(=O)c3ccc(OC(F)(F)C(F)F)cc3)cc2)C(=O)O)c1. The number of aliphatic carboxylic acids is 1. The molecule has 0 spiro atoms. The fraction of sp³-hybridized carbons (Fsp3) is 0.185. The van der Waals surface area contributed by atoms with Crippen LogP contribution in [-0.4, -0.2) is 29.6 Å². The van der Waals surface area contributed by atoms with Crippen LogP contribution in [0.4, 0.5) is 28.9 Å². The molecule has 0 saturated heterocycles. The molecule has 0 bridgehead atoms. The number of nitrogen functional groups attached to an aromatic ring is 2. The van der Waals surface area contributed by atoms with Crippen molar-refractivity contribution < 1.29 is 41.7 Å². The second-order valence-electron chi connectivity index (χ2n) is 8.28. The number of alkyl halides is 4. The molecule has 3 rings (SSSR count). The Morgan fingerprint density at radius 2 is 1.50 bits per heavy atom. The van der Waals surface area contributed by atoms with Crippen LogP contribution in [-0.2, 0) is 11.2 Å². The van der Waals surface area contributed by atoms with Crippen molar-refractivity contribution in [3.8, 4) is 11.5 Å². The van der Waals surface area contributed by atoms with E-state index >= 15 is 0 Å². The van der Waals surface area contributed by atoms with Gasteiger partial charge in [-0.25, -0.2) is 9.59 Å². The lowest BCUT2D eigenvalue weighted by Gasteiger charge is -2.16. The molecule has 0 aliphatic carbocycles. The molecule has 0 amide bonds. The Labute approximate surface area is 215 Å². The molecule has 0 aliphatic heterocycles. The predicted molar refractivity (Wildman–Crippen MR) is 133 cm³/mol. The van der Waals surface area contributed by atoms with E-state index in [-0.39, 0.29) is 16.9 Å². The number of carbonyl (C=O) groups is 2. The van der Waals surface area contributed by atoms with Crippen LogP contribution in [0.3, 0.4) is 0 Å². The molecule has 0 aromatic heterocycles. The van der Waals surface area contributed by atoms with Crippen LogP contribution in [0.1, 0.15) is 34.3 Å². The van der Waals surface area contributed by atoms with Gasteiger partial charge in [0.15, 0.2) is 0 Å². The van der Waals surface area contributed by atoms with Gasteiger partial charge in [-0.1, -0.05) is 12.1 Å². The molecule has 0 heterocycles. The van der Waals surface area contributed by atoms with Gasteiger partial charge in [-0.3, -0.25) is 0 Å². The second kappa shape index (κ2) is 12.1. The van der Waals surface area contributed by atoms with Gasteiger partial charge in [0.2, 0.25) is 0 Å². The minimum absolute atomic E-state index is 0.0308. The molecular formula is C27H24F4N2O5. The van der Waals surface area contributed by atoms with Crippen molar-refractivity contribution in [3.05, 3.63) is 89.0 Å². The first-order chi connectivity index (χ1) is 17.9. The monoisotopic (exact) mass is 532 g/mol. The first-order valence-corrected chi connectivity index (χ1v) is 11.3. The van der Waals surface area contributed by atoms with Crippen molar-refractivity contribution >= 4 is 29.4 Å². The van der Waals surface area contributed by atoms with E-state index in [1.54, 1.807) is 30.3 Å². The van der Waals surface area contributed by atoms with Gasteiger partial charge in [0.25, 0.3) is 0 Å². The summed E-state index contributed by atoms with van der Waals surface area (Å²) in [6, 6.07) is 15.3. The molecular weight excluding hydrogens is 508 g/mol. The number of halogens is 4. The molecule has 200 valence electrons. The molecule has 0 fully saturated rings. The molecule has 3 aromatic carbocycles. The van der Waals surface area contributed by atoms with E-state index in [1.165, 1.54) is 18.2 Å². The van der Waals surface area contributed by atoms with Crippen LogP contribution in [0.2, 0.25) is 0 Å². The lowest BCUT2D eigenvalue weighted by Crippen LogP contribution is -2.33. The van der Waals surface area contributed by atoms with Crippen LogP contribution >= 0.6 is 0 Å². The number of esters is 1. The highest BCUT2D eigenvalue weighted by Crippen LogP contribution is 2.28. The number of hydrogen-bond donors (Lipinski definition) is 3. The van der Waals surface area contributed by atoms with Gasteiger partial charge < -0.3 is 26.0 Å². The number of aryl methyl sites for hydroxylation is 1. The Bertz CT molecular complexity index is 1290. The van der Waals surface area contributed by atoms with Gasteiger partial charge in [0.1, 0.15) is 11.5 Å². The maximum absolute atomic E-state index is 13.0. The molecule has 5 N–H and O–H groups in total. The number of carboxylic acid groups (broad SMARTS) is 1. The van der Waals surface area contributed by atoms with Crippen LogP contribution in [0.15, 0.2) is 72.3 Å². The number of benzene rings is 3. The molecule has 0 radical (unpaired) electrons. The van der Waals surface area contributed by atoms with E-state index < -0.39 is 30.2 Å². The highest BCUT2D eigenvalue weighted by atomic mass is 19.3. The quantitative estimate of drug-likeness (QED) is 0.0937. The van der Waals surface area contributed by atoms with Crippen molar-refractivity contribution in [1.82, 2.24) is 0 Å². The van der Waals surface area contributed by atoms with Crippen LogP contribution in [0.25, 0.3) is 6.08 Å². The summed E-state index contributed by atoms with van der Waals surface area (Å²) >= 11 is 0. The average molecular weight is 532 g/mol. The lowest BCUT2D eigenvalue weighted by atomic mass is 10.0. The summed E-state index contributed by atoms with van der Waals surface area (Å²) in [4.78, 5) is 24.0. The number of carbonyl (C=O) groups excluding carboxylic acids is 1. The van der Waals surface area contributed by atoms with E-state index in [2.05, 4.69) is 4.74 Å². The minimum Gasteiger partial charge on any atom is -0.478 e. The summed E-state index contributed by atoms with van der Waals surface area (Å²) in [5, 5.41) is 9.56. The van der Waals surface area contributed by atoms with Gasteiger partial charge >= 0.3 is 24.5 Å². The Hall–Kier alpha value is -4.54. The maximum atomic E-state index is 13.0. The molecule has 11 heteroatoms. The number of rotatable bonds is 11. The molecule has 3 aromatic rings. The summed E-state index contributed by atoms with van der Waals surface area (Å²) < 4.78 is 59.6. The van der Waals surface area contributed by atoms with E-state index in [9.17, 15) is 32.3 Å². The third-order valence-corrected chi connectivity index (χ3v) is 5.25. The number of hydrogen-bond acceptors (Lipinski definition) is 6. The lowest BCUT2D eigenvalue weighted by molar-refractivity contribution is -0.253. The maximum Gasteiger partial charge on any atom is 0.461 e. The molecule has 0 atom stereocenters. The second-order valence-corrected chi connectivity index (χ2v) is 8.28. The van der Waals surface area contributed by atoms with Gasteiger partial charge in [-0.2, -0.15) is 17.6 Å². The van der Waals surface area contributed by atoms with Crippen molar-refractivity contribution in [2.45, 2.75) is 31.8 Å². The molecule has 0 saturated carbocycles. The molecule has 38 heavy (non-hydrogen) atoms. The Morgan fingerprint density at radius 3 is 2.05 bits per heavy atom. The molecule has 0 aliphatic rings. The van der Waals surface area contributed by atoms with Gasteiger partial charge in [0.05, 0.1) is 5.56 Å². The van der Waals surface area contributed by atoms with E-state index in [0.717, 1.165) is 29.8 Å². The topological polar surface area (TPSA) is 125 Å². The van der Waals surface area contributed by atoms with E-state index in [0.29, 0.717) is 36.2 Å². The summed E-state index contributed by atoms with van der Waals surface area (Å²) in [5.74, 6) is -2.29. The minimum atomic E-state index is -4.66. The van der Waals surface area contributed by atoms with Crippen LogP contribution in [0.5, 0.6) is 11.5 Å². The third kappa shape index (κ3) is 7.99. The zero-order chi connectivity index (χ0) is 27.9. The zero-order valence-corrected chi connectivity index (χ0v) is 19.9. The normalized spacial score (nSPS) is 11.9. The Morgan fingerprint density at radius 1 is 0.921 bits per heavy atom. The highest BCUT2D eigenvalue weighted by Gasteiger charge is 2.43. The third-order valence-electron chi connectivity index (χ3n) is 5.25. The largest absolute Gasteiger partial charge is 0.478 e. The first kappa shape index (κ1) is 28.0. The number of nitrogens with two attached hydrogens (primary N) is 2. The van der Waals surface area contributed by atoms with Crippen molar-refractivity contribution in [2.24, 2.45) is 0 Å². The van der Waals surface area contributed by atoms with Gasteiger partial charge in [-0.15, -0.1) is 0 Å². The first-order valence-electron chi connectivity index (χ1n) is 11.3. The Balaban J connectivity index is 1.59. The van der Waals surface area contributed by atoms with E-state index in [1.807, 2.05) is 0 Å². The number of ether oxygens (including phenoxy) is 2. The summed E-state index contributed by atoms with van der Waals surface area (Å²) in [6.45, 7) is 0.